The maximum atomic E-state index is 12.6. The fourth-order valence-corrected chi connectivity index (χ4v) is 4.06. The molecule has 8 heteroatoms. The molecule has 0 aliphatic rings. The summed E-state index contributed by atoms with van der Waals surface area (Å²) in [6.45, 7) is 2.51. The molecule has 0 fully saturated rings. The molecule has 6 nitrogen and oxygen atoms in total. The van der Waals surface area contributed by atoms with Gasteiger partial charge in [-0.3, -0.25) is 4.79 Å². The predicted octanol–water partition coefficient (Wildman–Crippen LogP) is 4.70. The van der Waals surface area contributed by atoms with E-state index in [1.165, 1.54) is 11.8 Å². The van der Waals surface area contributed by atoms with Crippen LogP contribution in [0.25, 0.3) is 11.1 Å². The summed E-state index contributed by atoms with van der Waals surface area (Å²) in [5.74, 6) is 1.37. The van der Waals surface area contributed by atoms with Crippen LogP contribution in [0.2, 0.25) is 5.02 Å². The Kier molecular flexibility index (Phi) is 7.76. The van der Waals surface area contributed by atoms with Crippen LogP contribution >= 0.6 is 23.4 Å². The molecular formula is C23H25ClN4O2S. The topological polar surface area (TPSA) is 81.3 Å². The van der Waals surface area contributed by atoms with Crippen LogP contribution in [0.5, 0.6) is 5.75 Å². The molecule has 1 heterocycles. The van der Waals surface area contributed by atoms with E-state index in [2.05, 4.69) is 9.97 Å². The van der Waals surface area contributed by atoms with E-state index in [9.17, 15) is 4.79 Å². The number of nitrogens with two attached hydrogens (primary N) is 1. The molecule has 0 aliphatic heterocycles. The highest BCUT2D eigenvalue weighted by Gasteiger charge is 2.16. The summed E-state index contributed by atoms with van der Waals surface area (Å²) in [7, 11) is 3.40. The number of nitrogen functional groups attached to an aromatic ring is 1. The number of ether oxygens (including phenoxy) is 1. The van der Waals surface area contributed by atoms with Gasteiger partial charge in [-0.15, -0.1) is 0 Å². The van der Waals surface area contributed by atoms with Gasteiger partial charge in [0.2, 0.25) is 5.91 Å². The second-order valence-corrected chi connectivity index (χ2v) is 8.34. The minimum Gasteiger partial charge on any atom is -0.497 e. The highest BCUT2D eigenvalue weighted by Crippen LogP contribution is 2.31. The summed E-state index contributed by atoms with van der Waals surface area (Å²) in [6.07, 6.45) is 0.696. The first-order chi connectivity index (χ1) is 14.9. The number of amides is 1. The van der Waals surface area contributed by atoms with Crippen molar-refractivity contribution in [1.82, 2.24) is 14.9 Å². The van der Waals surface area contributed by atoms with Crippen molar-refractivity contribution in [3.05, 3.63) is 64.8 Å². The maximum absolute atomic E-state index is 12.6. The van der Waals surface area contributed by atoms with Crippen molar-refractivity contribution in [2.24, 2.45) is 0 Å². The average Bonchev–Trinajstić information content (AvgIpc) is 2.77. The van der Waals surface area contributed by atoms with Gasteiger partial charge in [0, 0.05) is 24.2 Å². The molecule has 31 heavy (non-hydrogen) atoms. The normalized spacial score (nSPS) is 10.7. The van der Waals surface area contributed by atoms with E-state index in [4.69, 9.17) is 22.1 Å². The van der Waals surface area contributed by atoms with E-state index >= 15 is 0 Å². The molecule has 1 aromatic heterocycles. The minimum absolute atomic E-state index is 0.0187. The van der Waals surface area contributed by atoms with Crippen molar-refractivity contribution < 1.29 is 9.53 Å². The highest BCUT2D eigenvalue weighted by atomic mass is 35.5. The zero-order valence-corrected chi connectivity index (χ0v) is 19.3. The quantitative estimate of drug-likeness (QED) is 0.391. The van der Waals surface area contributed by atoms with E-state index in [0.717, 1.165) is 28.1 Å². The van der Waals surface area contributed by atoms with Gasteiger partial charge in [0.25, 0.3) is 0 Å². The van der Waals surface area contributed by atoms with Crippen LogP contribution in [0.15, 0.2) is 53.7 Å². The molecule has 162 valence electrons. The molecule has 2 aromatic carbocycles. The number of benzene rings is 2. The number of aryl methyl sites for hydroxylation is 1. The largest absolute Gasteiger partial charge is 0.497 e. The lowest BCUT2D eigenvalue weighted by atomic mass is 10.0. The van der Waals surface area contributed by atoms with Crippen molar-refractivity contribution in [1.29, 1.82) is 0 Å². The standard InChI is InChI=1S/C23H25ClN4O2S/c1-4-19-21(16-8-10-17(24)11-9-16)22(25)27-23(26-19)31-14-20(29)28(2)13-15-6-5-7-18(12-15)30-3/h5-12H,4,13-14H2,1-3H3,(H2,25,26,27). The van der Waals surface area contributed by atoms with E-state index in [0.29, 0.717) is 29.0 Å². The van der Waals surface area contributed by atoms with Crippen LogP contribution in [-0.4, -0.2) is 40.7 Å². The van der Waals surface area contributed by atoms with Crippen molar-refractivity contribution in [2.75, 3.05) is 25.6 Å². The Morgan fingerprint density at radius 1 is 1.19 bits per heavy atom. The predicted molar refractivity (Wildman–Crippen MR) is 126 cm³/mol. The Hall–Kier alpha value is -2.77. The molecular weight excluding hydrogens is 432 g/mol. The fourth-order valence-electron chi connectivity index (χ4n) is 3.12. The number of carbonyl (C=O) groups is 1. The molecule has 0 saturated carbocycles. The highest BCUT2D eigenvalue weighted by molar-refractivity contribution is 7.99. The third-order valence-corrected chi connectivity index (χ3v) is 5.85. The number of hydrogen-bond donors (Lipinski definition) is 1. The molecule has 3 rings (SSSR count). The molecule has 0 aliphatic carbocycles. The third-order valence-electron chi connectivity index (χ3n) is 4.76. The summed E-state index contributed by atoms with van der Waals surface area (Å²) >= 11 is 7.28. The smallest absolute Gasteiger partial charge is 0.233 e. The maximum Gasteiger partial charge on any atom is 0.233 e. The van der Waals surface area contributed by atoms with Gasteiger partial charge < -0.3 is 15.4 Å². The number of anilines is 1. The Balaban J connectivity index is 1.68. The summed E-state index contributed by atoms with van der Waals surface area (Å²) in [5, 5.41) is 1.15. The first-order valence-corrected chi connectivity index (χ1v) is 11.2. The van der Waals surface area contributed by atoms with Gasteiger partial charge in [0.05, 0.1) is 18.6 Å². The first kappa shape index (κ1) is 22.9. The van der Waals surface area contributed by atoms with Crippen LogP contribution in [-0.2, 0) is 17.8 Å². The Bertz CT molecular complexity index is 1060. The van der Waals surface area contributed by atoms with E-state index in [1.54, 1.807) is 19.1 Å². The Morgan fingerprint density at radius 3 is 2.61 bits per heavy atom. The fraction of sp³-hybridized carbons (Fsp3) is 0.261. The van der Waals surface area contributed by atoms with Crippen LogP contribution in [0.4, 0.5) is 5.82 Å². The van der Waals surface area contributed by atoms with Crippen LogP contribution in [0.1, 0.15) is 18.2 Å². The van der Waals surface area contributed by atoms with Gasteiger partial charge in [-0.1, -0.05) is 54.6 Å². The lowest BCUT2D eigenvalue weighted by Gasteiger charge is -2.17. The van der Waals surface area contributed by atoms with Crippen molar-refractivity contribution >= 4 is 35.1 Å². The third kappa shape index (κ3) is 5.89. The summed E-state index contributed by atoms with van der Waals surface area (Å²) in [5.41, 5.74) is 9.83. The van der Waals surface area contributed by atoms with Gasteiger partial charge in [0.15, 0.2) is 5.16 Å². The number of halogens is 1. The summed E-state index contributed by atoms with van der Waals surface area (Å²) in [6, 6.07) is 15.1. The second-order valence-electron chi connectivity index (χ2n) is 6.96. The minimum atomic E-state index is -0.0187. The first-order valence-electron chi connectivity index (χ1n) is 9.83. The number of thioether (sulfide) groups is 1. The number of methoxy groups -OCH3 is 1. The van der Waals surface area contributed by atoms with Gasteiger partial charge in [0.1, 0.15) is 11.6 Å². The molecule has 0 saturated heterocycles. The summed E-state index contributed by atoms with van der Waals surface area (Å²) in [4.78, 5) is 23.4. The number of aromatic nitrogens is 2. The van der Waals surface area contributed by atoms with Gasteiger partial charge >= 0.3 is 0 Å². The molecule has 0 radical (unpaired) electrons. The molecule has 1 amide bonds. The van der Waals surface area contributed by atoms with E-state index < -0.39 is 0 Å². The number of nitrogens with zero attached hydrogens (tertiary/aromatic N) is 3. The van der Waals surface area contributed by atoms with Crippen LogP contribution in [0, 0.1) is 0 Å². The lowest BCUT2D eigenvalue weighted by molar-refractivity contribution is -0.127. The molecule has 2 N–H and O–H groups in total. The van der Waals surface area contributed by atoms with Gasteiger partial charge in [-0.2, -0.15) is 0 Å². The summed E-state index contributed by atoms with van der Waals surface area (Å²) < 4.78 is 5.24. The van der Waals surface area contributed by atoms with Crippen LogP contribution < -0.4 is 10.5 Å². The van der Waals surface area contributed by atoms with Gasteiger partial charge in [-0.25, -0.2) is 9.97 Å². The number of rotatable bonds is 8. The monoisotopic (exact) mass is 456 g/mol. The van der Waals surface area contributed by atoms with Crippen LogP contribution in [0.3, 0.4) is 0 Å². The molecule has 0 spiro atoms. The van der Waals surface area contributed by atoms with Crippen molar-refractivity contribution in [3.8, 4) is 16.9 Å². The zero-order chi connectivity index (χ0) is 22.4. The van der Waals surface area contributed by atoms with Crippen molar-refractivity contribution in [3.63, 3.8) is 0 Å². The number of hydrogen-bond acceptors (Lipinski definition) is 6. The second kappa shape index (κ2) is 10.5. The zero-order valence-electron chi connectivity index (χ0n) is 17.8. The Labute approximate surface area is 191 Å². The SMILES string of the molecule is CCc1nc(SCC(=O)N(C)Cc2cccc(OC)c2)nc(N)c1-c1ccc(Cl)cc1. The van der Waals surface area contributed by atoms with E-state index in [-0.39, 0.29) is 11.7 Å². The molecule has 0 unspecified atom stereocenters. The lowest BCUT2D eigenvalue weighted by Crippen LogP contribution is -2.27. The van der Waals surface area contributed by atoms with Gasteiger partial charge in [-0.05, 0) is 41.8 Å². The molecule has 0 bridgehead atoms. The average molecular weight is 457 g/mol. The molecule has 0 atom stereocenters. The number of carbonyl (C=O) groups excluding carboxylic acids is 1. The van der Waals surface area contributed by atoms with E-state index in [1.807, 2.05) is 55.5 Å². The molecule has 3 aromatic rings. The van der Waals surface area contributed by atoms with Crippen molar-refractivity contribution in [2.45, 2.75) is 25.0 Å². The Morgan fingerprint density at radius 2 is 1.94 bits per heavy atom.